The molecule has 1 aromatic carbocycles. The lowest BCUT2D eigenvalue weighted by molar-refractivity contribution is -0.115. The van der Waals surface area contributed by atoms with Crippen LogP contribution in [0.15, 0.2) is 46.2 Å². The molecule has 2 aromatic heterocycles. The molecule has 0 saturated heterocycles. The molecule has 25 heavy (non-hydrogen) atoms. The van der Waals surface area contributed by atoms with Crippen molar-refractivity contribution in [3.63, 3.8) is 0 Å². The van der Waals surface area contributed by atoms with E-state index >= 15 is 0 Å². The Bertz CT molecular complexity index is 860. The fraction of sp³-hybridized carbons (Fsp3) is 0.294. The molecule has 1 unspecified atom stereocenters. The summed E-state index contributed by atoms with van der Waals surface area (Å²) in [4.78, 5) is 12.5. The van der Waals surface area contributed by atoms with Gasteiger partial charge in [0.05, 0.1) is 11.5 Å². The number of hydrogen-bond acceptors (Lipinski definition) is 6. The number of nitrogens with zero attached hydrogens (tertiary/aromatic N) is 4. The van der Waals surface area contributed by atoms with Gasteiger partial charge in [-0.25, -0.2) is 4.68 Å². The molecular formula is C17H19N5O2S. The minimum absolute atomic E-state index is 0.0914. The van der Waals surface area contributed by atoms with Gasteiger partial charge in [0, 0.05) is 5.69 Å². The van der Waals surface area contributed by atoms with E-state index in [2.05, 4.69) is 20.8 Å². The second-order valence-electron chi connectivity index (χ2n) is 5.77. The van der Waals surface area contributed by atoms with Crippen LogP contribution in [0.4, 0.5) is 5.69 Å². The lowest BCUT2D eigenvalue weighted by Gasteiger charge is -2.13. The van der Waals surface area contributed by atoms with Gasteiger partial charge in [-0.2, -0.15) is 0 Å². The number of thioether (sulfide) groups is 1. The van der Waals surface area contributed by atoms with Crippen molar-refractivity contribution >= 4 is 23.4 Å². The molecule has 0 spiro atoms. The van der Waals surface area contributed by atoms with Gasteiger partial charge in [0.2, 0.25) is 11.1 Å². The van der Waals surface area contributed by atoms with E-state index in [4.69, 9.17) is 4.42 Å². The molecule has 0 aliphatic rings. The van der Waals surface area contributed by atoms with Crippen molar-refractivity contribution in [2.24, 2.45) is 0 Å². The van der Waals surface area contributed by atoms with Gasteiger partial charge in [-0.3, -0.25) is 4.79 Å². The van der Waals surface area contributed by atoms with E-state index in [1.165, 1.54) is 11.8 Å². The summed E-state index contributed by atoms with van der Waals surface area (Å²) in [6.45, 7) is 6.22. The second kappa shape index (κ2) is 7.52. The number of carbonyl (C=O) groups excluding carboxylic acids is 1. The number of tetrazole rings is 1. The molecular weight excluding hydrogens is 338 g/mol. The average Bonchev–Trinajstić information content (AvgIpc) is 3.24. The third-order valence-electron chi connectivity index (χ3n) is 3.69. The zero-order valence-electron chi connectivity index (χ0n) is 14.3. The summed E-state index contributed by atoms with van der Waals surface area (Å²) < 4.78 is 6.93. The Morgan fingerprint density at radius 1 is 1.36 bits per heavy atom. The Morgan fingerprint density at radius 3 is 2.96 bits per heavy atom. The second-order valence-corrected chi connectivity index (χ2v) is 7.07. The highest BCUT2D eigenvalue weighted by Gasteiger charge is 2.19. The summed E-state index contributed by atoms with van der Waals surface area (Å²) in [5.74, 6) is 0.660. The number of aromatic nitrogens is 4. The fourth-order valence-electron chi connectivity index (χ4n) is 2.25. The number of rotatable bonds is 6. The van der Waals surface area contributed by atoms with Crippen LogP contribution in [0, 0.1) is 13.8 Å². The smallest absolute Gasteiger partial charge is 0.237 e. The zero-order valence-corrected chi connectivity index (χ0v) is 15.1. The van der Waals surface area contributed by atoms with Gasteiger partial charge in [-0.05, 0) is 60.5 Å². The van der Waals surface area contributed by atoms with E-state index in [1.54, 1.807) is 10.9 Å². The number of anilines is 1. The summed E-state index contributed by atoms with van der Waals surface area (Å²) >= 11 is 1.31. The minimum Gasteiger partial charge on any atom is -0.467 e. The molecule has 2 heterocycles. The molecule has 0 fully saturated rings. The van der Waals surface area contributed by atoms with Crippen LogP contribution in [0.25, 0.3) is 0 Å². The van der Waals surface area contributed by atoms with Gasteiger partial charge >= 0.3 is 0 Å². The first-order valence-corrected chi connectivity index (χ1v) is 8.74. The van der Waals surface area contributed by atoms with Crippen molar-refractivity contribution in [1.82, 2.24) is 20.2 Å². The predicted molar refractivity (Wildman–Crippen MR) is 95.5 cm³/mol. The number of carbonyl (C=O) groups is 1. The molecule has 8 heteroatoms. The van der Waals surface area contributed by atoms with Crippen molar-refractivity contribution in [1.29, 1.82) is 0 Å². The molecule has 1 N–H and O–H groups in total. The molecule has 130 valence electrons. The first-order chi connectivity index (χ1) is 12.0. The largest absolute Gasteiger partial charge is 0.467 e. The van der Waals surface area contributed by atoms with Crippen molar-refractivity contribution in [3.8, 4) is 0 Å². The Kier molecular flexibility index (Phi) is 5.18. The molecule has 0 aliphatic carbocycles. The summed E-state index contributed by atoms with van der Waals surface area (Å²) in [5, 5.41) is 14.8. The van der Waals surface area contributed by atoms with Gasteiger partial charge in [-0.1, -0.05) is 23.9 Å². The number of aryl methyl sites for hydroxylation is 2. The Morgan fingerprint density at radius 2 is 2.20 bits per heavy atom. The van der Waals surface area contributed by atoms with Gasteiger partial charge in [0.25, 0.3) is 0 Å². The number of hydrogen-bond donors (Lipinski definition) is 1. The topological polar surface area (TPSA) is 85.8 Å². The highest BCUT2D eigenvalue weighted by molar-refractivity contribution is 8.00. The zero-order chi connectivity index (χ0) is 17.8. The maximum atomic E-state index is 12.5. The summed E-state index contributed by atoms with van der Waals surface area (Å²) in [7, 11) is 0. The van der Waals surface area contributed by atoms with E-state index < -0.39 is 0 Å². The van der Waals surface area contributed by atoms with Crippen LogP contribution in [0.2, 0.25) is 0 Å². The molecule has 7 nitrogen and oxygen atoms in total. The lowest BCUT2D eigenvalue weighted by Crippen LogP contribution is -2.23. The Labute approximate surface area is 149 Å². The van der Waals surface area contributed by atoms with Crippen LogP contribution in [0.1, 0.15) is 23.8 Å². The first-order valence-electron chi connectivity index (χ1n) is 7.86. The molecule has 0 bridgehead atoms. The van der Waals surface area contributed by atoms with Gasteiger partial charge in [-0.15, -0.1) is 5.10 Å². The van der Waals surface area contributed by atoms with Crippen LogP contribution < -0.4 is 5.32 Å². The monoisotopic (exact) mass is 357 g/mol. The minimum atomic E-state index is -0.346. The summed E-state index contributed by atoms with van der Waals surface area (Å²) in [6.07, 6.45) is 1.60. The quantitative estimate of drug-likeness (QED) is 0.683. The number of nitrogens with one attached hydrogen (secondary N) is 1. The van der Waals surface area contributed by atoms with E-state index in [0.717, 1.165) is 22.6 Å². The van der Waals surface area contributed by atoms with Crippen molar-refractivity contribution in [3.05, 3.63) is 53.5 Å². The van der Waals surface area contributed by atoms with Crippen LogP contribution in [-0.4, -0.2) is 31.4 Å². The third kappa shape index (κ3) is 4.27. The van der Waals surface area contributed by atoms with Crippen molar-refractivity contribution in [2.75, 3.05) is 5.32 Å². The van der Waals surface area contributed by atoms with Crippen LogP contribution in [-0.2, 0) is 11.3 Å². The van der Waals surface area contributed by atoms with Crippen molar-refractivity contribution in [2.45, 2.75) is 37.7 Å². The fourth-order valence-corrected chi connectivity index (χ4v) is 3.04. The molecule has 1 atom stereocenters. The van der Waals surface area contributed by atoms with E-state index in [-0.39, 0.29) is 11.2 Å². The standard InChI is InChI=1S/C17H19N5O2S/c1-11-6-7-12(2)15(9-11)18-16(23)13(3)25-17-19-20-21-22(17)10-14-5-4-8-24-14/h4-9,13H,10H2,1-3H3,(H,18,23). The van der Waals surface area contributed by atoms with Crippen LogP contribution in [0.5, 0.6) is 0 Å². The average molecular weight is 357 g/mol. The normalized spacial score (nSPS) is 12.1. The molecule has 3 rings (SSSR count). The molecule has 0 aliphatic heterocycles. The highest BCUT2D eigenvalue weighted by atomic mass is 32.2. The predicted octanol–water partition coefficient (Wildman–Crippen LogP) is 3.05. The highest BCUT2D eigenvalue weighted by Crippen LogP contribution is 2.23. The van der Waals surface area contributed by atoms with Gasteiger partial charge < -0.3 is 9.73 Å². The Balaban J connectivity index is 1.66. The molecule has 0 saturated carbocycles. The van der Waals surface area contributed by atoms with Crippen LogP contribution >= 0.6 is 11.8 Å². The lowest BCUT2D eigenvalue weighted by atomic mass is 10.1. The molecule has 3 aromatic rings. The van der Waals surface area contributed by atoms with E-state index in [9.17, 15) is 4.79 Å². The van der Waals surface area contributed by atoms with Gasteiger partial charge in [0.1, 0.15) is 12.3 Å². The number of furan rings is 1. The maximum absolute atomic E-state index is 12.5. The first kappa shape index (κ1) is 17.2. The SMILES string of the molecule is Cc1ccc(C)c(NC(=O)C(C)Sc2nnnn2Cc2ccco2)c1. The van der Waals surface area contributed by atoms with Crippen molar-refractivity contribution < 1.29 is 9.21 Å². The maximum Gasteiger partial charge on any atom is 0.237 e. The number of amides is 1. The summed E-state index contributed by atoms with van der Waals surface area (Å²) in [5.41, 5.74) is 2.95. The van der Waals surface area contributed by atoms with E-state index in [0.29, 0.717) is 11.7 Å². The summed E-state index contributed by atoms with van der Waals surface area (Å²) in [6, 6.07) is 9.64. The number of benzene rings is 1. The third-order valence-corrected chi connectivity index (χ3v) is 4.76. The van der Waals surface area contributed by atoms with E-state index in [1.807, 2.05) is 51.1 Å². The van der Waals surface area contributed by atoms with Gasteiger partial charge in [0.15, 0.2) is 0 Å². The Hall–Kier alpha value is -2.61. The molecule has 1 amide bonds. The molecule has 0 radical (unpaired) electrons. The van der Waals surface area contributed by atoms with Crippen LogP contribution in [0.3, 0.4) is 0 Å².